The van der Waals surface area contributed by atoms with Crippen LogP contribution < -0.4 is 4.90 Å². The number of hydrogen-bond donors (Lipinski definition) is 2. The van der Waals surface area contributed by atoms with Crippen LogP contribution in [0.25, 0.3) is 28.2 Å². The van der Waals surface area contributed by atoms with E-state index in [0.29, 0.717) is 37.8 Å². The predicted molar refractivity (Wildman–Crippen MR) is 149 cm³/mol. The SMILES string of the molecule is Cc1cccc(-c2ccn(-c3cc(N4CCOCC4)c4[nH]c(C(=O)N5CCC(C(C)(C)O)CC5)nc4n3)n2)c1. The lowest BCUT2D eigenvalue weighted by atomic mass is 9.83. The number of H-pyrrole nitrogens is 1. The van der Waals surface area contributed by atoms with Crippen molar-refractivity contribution in [3.8, 4) is 17.1 Å². The number of likely N-dealkylation sites (tertiary alicyclic amines) is 1. The number of morpholine rings is 1. The number of ether oxygens (including phenoxy) is 1. The fourth-order valence-electron chi connectivity index (χ4n) is 5.58. The van der Waals surface area contributed by atoms with Gasteiger partial charge in [-0.15, -0.1) is 0 Å². The van der Waals surface area contributed by atoms with Gasteiger partial charge in [-0.3, -0.25) is 4.79 Å². The van der Waals surface area contributed by atoms with Crippen molar-refractivity contribution in [1.82, 2.24) is 29.6 Å². The summed E-state index contributed by atoms with van der Waals surface area (Å²) in [6, 6.07) is 12.2. The Morgan fingerprint density at radius 1 is 1.08 bits per heavy atom. The van der Waals surface area contributed by atoms with E-state index in [9.17, 15) is 9.90 Å². The fourth-order valence-corrected chi connectivity index (χ4v) is 5.58. The first-order valence-electron chi connectivity index (χ1n) is 13.6. The second-order valence-corrected chi connectivity index (χ2v) is 11.1. The van der Waals surface area contributed by atoms with Crippen LogP contribution >= 0.6 is 0 Å². The van der Waals surface area contributed by atoms with E-state index in [-0.39, 0.29) is 17.6 Å². The quantitative estimate of drug-likeness (QED) is 0.406. The zero-order chi connectivity index (χ0) is 27.1. The number of aromatic amines is 1. The number of hydrogen-bond acceptors (Lipinski definition) is 7. The second kappa shape index (κ2) is 10.1. The van der Waals surface area contributed by atoms with E-state index in [2.05, 4.69) is 33.9 Å². The van der Waals surface area contributed by atoms with E-state index in [4.69, 9.17) is 14.8 Å². The van der Waals surface area contributed by atoms with E-state index in [1.165, 1.54) is 5.56 Å². The molecule has 0 aliphatic carbocycles. The van der Waals surface area contributed by atoms with Crippen molar-refractivity contribution in [3.05, 3.63) is 54.0 Å². The Hall–Kier alpha value is -3.76. The number of benzene rings is 1. The topological polar surface area (TPSA) is 112 Å². The van der Waals surface area contributed by atoms with E-state index < -0.39 is 5.60 Å². The number of amides is 1. The minimum atomic E-state index is -0.742. The van der Waals surface area contributed by atoms with Crippen LogP contribution in [0.4, 0.5) is 5.69 Å². The van der Waals surface area contributed by atoms with Crippen molar-refractivity contribution in [2.24, 2.45) is 5.92 Å². The second-order valence-electron chi connectivity index (χ2n) is 11.1. The number of pyridine rings is 1. The number of rotatable bonds is 5. The molecular weight excluding hydrogens is 494 g/mol. The number of nitrogens with one attached hydrogen (secondary N) is 1. The molecule has 5 heterocycles. The standard InChI is InChI=1S/C29H35N7O3/c1-19-5-4-6-20(17-19)22-9-12-36(33-22)24-18-23(34-13-15-39-16-14-34)25-26(30-24)32-27(31-25)28(37)35-10-7-21(8-11-35)29(2,3)38/h4-6,9,12,17-18,21,38H,7-8,10-11,13-16H2,1-3H3,(H,30,31,32). The number of fused-ring (bicyclic) bond motifs is 1. The Balaban J connectivity index is 1.34. The number of carbonyl (C=O) groups excluding carboxylic acids is 1. The predicted octanol–water partition coefficient (Wildman–Crippen LogP) is 3.58. The number of piperidine rings is 1. The molecule has 204 valence electrons. The molecule has 39 heavy (non-hydrogen) atoms. The molecule has 0 saturated carbocycles. The molecule has 2 aliphatic heterocycles. The smallest absolute Gasteiger partial charge is 0.289 e. The van der Waals surface area contributed by atoms with Gasteiger partial charge in [0, 0.05) is 44.0 Å². The summed E-state index contributed by atoms with van der Waals surface area (Å²) in [7, 11) is 0. The highest BCUT2D eigenvalue weighted by molar-refractivity contribution is 5.96. The third-order valence-electron chi connectivity index (χ3n) is 7.90. The molecule has 6 rings (SSSR count). The number of nitrogens with zero attached hydrogens (tertiary/aromatic N) is 6. The molecule has 0 atom stereocenters. The van der Waals surface area contributed by atoms with Crippen molar-refractivity contribution in [2.75, 3.05) is 44.3 Å². The largest absolute Gasteiger partial charge is 0.390 e. The van der Waals surface area contributed by atoms with Gasteiger partial charge in [0.25, 0.3) is 5.91 Å². The van der Waals surface area contributed by atoms with Gasteiger partial charge in [-0.05, 0) is 51.7 Å². The van der Waals surface area contributed by atoms with Crippen molar-refractivity contribution in [1.29, 1.82) is 0 Å². The number of aromatic nitrogens is 5. The molecule has 4 aromatic rings. The van der Waals surface area contributed by atoms with Gasteiger partial charge in [0.15, 0.2) is 17.3 Å². The molecule has 10 heteroatoms. The Kier molecular flexibility index (Phi) is 6.60. The molecule has 0 radical (unpaired) electrons. The van der Waals surface area contributed by atoms with Gasteiger partial charge in [-0.2, -0.15) is 5.10 Å². The van der Waals surface area contributed by atoms with Gasteiger partial charge in [0.2, 0.25) is 0 Å². The van der Waals surface area contributed by atoms with Crippen molar-refractivity contribution < 1.29 is 14.6 Å². The van der Waals surface area contributed by atoms with Crippen molar-refractivity contribution >= 4 is 22.8 Å². The average Bonchev–Trinajstić information content (AvgIpc) is 3.60. The fraction of sp³-hybridized carbons (Fsp3) is 0.448. The molecule has 0 unspecified atom stereocenters. The molecule has 2 aliphatic rings. The Labute approximate surface area is 227 Å². The average molecular weight is 530 g/mol. The summed E-state index contributed by atoms with van der Waals surface area (Å²) in [6.07, 6.45) is 3.43. The Bertz CT molecular complexity index is 1490. The maximum absolute atomic E-state index is 13.4. The molecule has 0 bridgehead atoms. The summed E-state index contributed by atoms with van der Waals surface area (Å²) in [5.41, 5.74) is 4.49. The lowest BCUT2D eigenvalue weighted by Gasteiger charge is -2.37. The summed E-state index contributed by atoms with van der Waals surface area (Å²) in [6.45, 7) is 9.67. The molecule has 0 spiro atoms. The first-order valence-corrected chi connectivity index (χ1v) is 13.6. The van der Waals surface area contributed by atoms with Crippen LogP contribution in [0.2, 0.25) is 0 Å². The van der Waals surface area contributed by atoms with Gasteiger partial charge in [-0.25, -0.2) is 14.6 Å². The highest BCUT2D eigenvalue weighted by atomic mass is 16.5. The summed E-state index contributed by atoms with van der Waals surface area (Å²) < 4.78 is 7.35. The molecule has 2 N–H and O–H groups in total. The van der Waals surface area contributed by atoms with Crippen molar-refractivity contribution in [2.45, 2.75) is 39.2 Å². The summed E-state index contributed by atoms with van der Waals surface area (Å²) in [5.74, 6) is 0.955. The molecule has 2 saturated heterocycles. The maximum atomic E-state index is 13.4. The van der Waals surface area contributed by atoms with Crippen LogP contribution in [-0.4, -0.2) is 85.6 Å². The molecular formula is C29H35N7O3. The summed E-state index contributed by atoms with van der Waals surface area (Å²) >= 11 is 0. The van der Waals surface area contributed by atoms with Crippen LogP contribution in [0.1, 0.15) is 42.9 Å². The number of aryl methyl sites for hydroxylation is 1. The summed E-state index contributed by atoms with van der Waals surface area (Å²) in [4.78, 5) is 30.3. The van der Waals surface area contributed by atoms with Crippen LogP contribution in [0, 0.1) is 12.8 Å². The van der Waals surface area contributed by atoms with Gasteiger partial charge >= 0.3 is 0 Å². The minimum Gasteiger partial charge on any atom is -0.390 e. The van der Waals surface area contributed by atoms with Crippen molar-refractivity contribution in [3.63, 3.8) is 0 Å². The highest BCUT2D eigenvalue weighted by Crippen LogP contribution is 2.31. The highest BCUT2D eigenvalue weighted by Gasteiger charge is 2.33. The Morgan fingerprint density at radius 2 is 1.85 bits per heavy atom. The number of imidazole rings is 1. The zero-order valence-corrected chi connectivity index (χ0v) is 22.7. The summed E-state index contributed by atoms with van der Waals surface area (Å²) in [5, 5.41) is 15.2. The first kappa shape index (κ1) is 25.5. The molecule has 2 fully saturated rings. The van der Waals surface area contributed by atoms with E-state index in [1.807, 2.05) is 49.2 Å². The Morgan fingerprint density at radius 3 is 2.56 bits per heavy atom. The van der Waals surface area contributed by atoms with Gasteiger partial charge in [-0.1, -0.05) is 23.8 Å². The molecule has 1 amide bonds. The number of anilines is 1. The van der Waals surface area contributed by atoms with E-state index >= 15 is 0 Å². The van der Waals surface area contributed by atoms with Crippen LogP contribution in [0.3, 0.4) is 0 Å². The minimum absolute atomic E-state index is 0.141. The van der Waals surface area contributed by atoms with E-state index in [0.717, 1.165) is 48.4 Å². The molecule has 1 aromatic carbocycles. The molecule has 3 aromatic heterocycles. The third-order valence-corrected chi connectivity index (χ3v) is 7.90. The lowest BCUT2D eigenvalue weighted by molar-refractivity contribution is -0.0109. The lowest BCUT2D eigenvalue weighted by Crippen LogP contribution is -2.44. The third kappa shape index (κ3) is 5.14. The van der Waals surface area contributed by atoms with E-state index in [1.54, 1.807) is 4.68 Å². The van der Waals surface area contributed by atoms with Crippen LogP contribution in [0.5, 0.6) is 0 Å². The van der Waals surface area contributed by atoms with Gasteiger partial charge in [0.05, 0.1) is 30.2 Å². The number of carbonyl (C=O) groups is 1. The van der Waals surface area contributed by atoms with Gasteiger partial charge in [0.1, 0.15) is 5.52 Å². The number of aliphatic hydroxyl groups is 1. The van der Waals surface area contributed by atoms with Crippen LogP contribution in [0.15, 0.2) is 42.6 Å². The zero-order valence-electron chi connectivity index (χ0n) is 22.7. The van der Waals surface area contributed by atoms with Gasteiger partial charge < -0.3 is 24.6 Å². The maximum Gasteiger partial charge on any atom is 0.289 e. The normalized spacial score (nSPS) is 17.2. The monoisotopic (exact) mass is 529 g/mol. The first-order chi connectivity index (χ1) is 18.8. The van der Waals surface area contributed by atoms with Crippen LogP contribution in [-0.2, 0) is 4.74 Å². The molecule has 10 nitrogen and oxygen atoms in total.